The molecule has 1 atom stereocenters. The molecule has 140 valence electrons. The Morgan fingerprint density at radius 3 is 3.00 bits per heavy atom. The molecule has 4 heterocycles. The second kappa shape index (κ2) is 7.22. The summed E-state index contributed by atoms with van der Waals surface area (Å²) in [5, 5.41) is 4.20. The van der Waals surface area contributed by atoms with E-state index >= 15 is 0 Å². The Labute approximate surface area is 156 Å². The van der Waals surface area contributed by atoms with Crippen LogP contribution in [0.3, 0.4) is 0 Å². The molecule has 0 bridgehead atoms. The summed E-state index contributed by atoms with van der Waals surface area (Å²) in [4.78, 5) is 23.7. The molecule has 0 radical (unpaired) electrons. The minimum Gasteiger partial charge on any atom is -0.481 e. The van der Waals surface area contributed by atoms with E-state index in [0.29, 0.717) is 23.7 Å². The highest BCUT2D eigenvalue weighted by atomic mass is 16.5. The van der Waals surface area contributed by atoms with Crippen LogP contribution >= 0.6 is 0 Å². The number of esters is 1. The van der Waals surface area contributed by atoms with Gasteiger partial charge >= 0.3 is 5.97 Å². The van der Waals surface area contributed by atoms with Crippen molar-refractivity contribution in [2.75, 3.05) is 25.2 Å². The van der Waals surface area contributed by atoms with Crippen molar-refractivity contribution in [3.05, 3.63) is 47.9 Å². The maximum Gasteiger partial charge on any atom is 0.343 e. The molecule has 4 rings (SSSR count). The van der Waals surface area contributed by atoms with Gasteiger partial charge in [-0.3, -0.25) is 0 Å². The average molecular weight is 367 g/mol. The molecule has 8 nitrogen and oxygen atoms in total. The van der Waals surface area contributed by atoms with Crippen LogP contribution in [0.15, 0.2) is 36.7 Å². The lowest BCUT2D eigenvalue weighted by Crippen LogP contribution is -2.24. The summed E-state index contributed by atoms with van der Waals surface area (Å²) in [6, 6.07) is 7.82. The van der Waals surface area contributed by atoms with Crippen LogP contribution in [0.5, 0.6) is 5.88 Å². The SMILES string of the molecule is CCOC(=O)c1cnn2ccc(N3CCCC3c3cccc(OC)n3)nc12. The predicted molar refractivity (Wildman–Crippen MR) is 99.1 cm³/mol. The molecule has 1 saturated heterocycles. The average Bonchev–Trinajstić information content (AvgIpc) is 3.34. The number of hydrogen-bond donors (Lipinski definition) is 0. The van der Waals surface area contributed by atoms with Gasteiger partial charge in [0.25, 0.3) is 0 Å². The minimum absolute atomic E-state index is 0.115. The quantitative estimate of drug-likeness (QED) is 0.641. The maximum atomic E-state index is 12.2. The first-order valence-electron chi connectivity index (χ1n) is 9.00. The van der Waals surface area contributed by atoms with Gasteiger partial charge in [-0.2, -0.15) is 5.10 Å². The number of fused-ring (bicyclic) bond motifs is 1. The number of pyridine rings is 1. The van der Waals surface area contributed by atoms with Gasteiger partial charge < -0.3 is 14.4 Å². The van der Waals surface area contributed by atoms with Crippen LogP contribution in [0.2, 0.25) is 0 Å². The molecule has 8 heteroatoms. The van der Waals surface area contributed by atoms with Crippen molar-refractivity contribution in [2.24, 2.45) is 0 Å². The largest absolute Gasteiger partial charge is 0.481 e. The van der Waals surface area contributed by atoms with Gasteiger partial charge in [0.15, 0.2) is 5.65 Å². The highest BCUT2D eigenvalue weighted by Gasteiger charge is 2.29. The highest BCUT2D eigenvalue weighted by Crippen LogP contribution is 2.35. The van der Waals surface area contributed by atoms with Gasteiger partial charge in [-0.05, 0) is 31.9 Å². The monoisotopic (exact) mass is 367 g/mol. The van der Waals surface area contributed by atoms with E-state index in [2.05, 4.69) is 15.0 Å². The van der Waals surface area contributed by atoms with Gasteiger partial charge in [-0.1, -0.05) is 6.07 Å². The number of aromatic nitrogens is 4. The van der Waals surface area contributed by atoms with Gasteiger partial charge in [-0.25, -0.2) is 19.3 Å². The van der Waals surface area contributed by atoms with Crippen LogP contribution in [0.1, 0.15) is 41.9 Å². The summed E-state index contributed by atoms with van der Waals surface area (Å²) in [5.74, 6) is 0.980. The molecule has 1 aliphatic heterocycles. The zero-order valence-corrected chi connectivity index (χ0v) is 15.3. The summed E-state index contributed by atoms with van der Waals surface area (Å²) in [6.45, 7) is 2.96. The standard InChI is InChI=1S/C19H21N5O3/c1-3-27-19(25)13-12-20-24-11-9-16(22-18(13)24)23-10-5-7-15(23)14-6-4-8-17(21-14)26-2/h4,6,8-9,11-12,15H,3,5,7,10H2,1-2H3. The predicted octanol–water partition coefficient (Wildman–Crippen LogP) is 2.65. The summed E-state index contributed by atoms with van der Waals surface area (Å²) >= 11 is 0. The third kappa shape index (κ3) is 3.18. The van der Waals surface area contributed by atoms with E-state index in [0.717, 1.165) is 30.9 Å². The number of carbonyl (C=O) groups excluding carboxylic acids is 1. The number of methoxy groups -OCH3 is 1. The molecule has 0 amide bonds. The first-order valence-corrected chi connectivity index (χ1v) is 9.00. The normalized spacial score (nSPS) is 16.7. The van der Waals surface area contributed by atoms with Crippen molar-refractivity contribution in [3.8, 4) is 5.88 Å². The highest BCUT2D eigenvalue weighted by molar-refractivity contribution is 5.95. The molecule has 1 aliphatic rings. The number of ether oxygens (including phenoxy) is 2. The van der Waals surface area contributed by atoms with Crippen molar-refractivity contribution in [3.63, 3.8) is 0 Å². The van der Waals surface area contributed by atoms with Gasteiger partial charge in [0.05, 0.1) is 31.6 Å². The van der Waals surface area contributed by atoms with Crippen LogP contribution in [-0.4, -0.2) is 45.8 Å². The van der Waals surface area contributed by atoms with Crippen molar-refractivity contribution >= 4 is 17.4 Å². The lowest BCUT2D eigenvalue weighted by atomic mass is 10.1. The Bertz CT molecular complexity index is 971. The Morgan fingerprint density at radius 2 is 2.19 bits per heavy atom. The number of hydrogen-bond acceptors (Lipinski definition) is 7. The van der Waals surface area contributed by atoms with Crippen molar-refractivity contribution in [1.29, 1.82) is 0 Å². The van der Waals surface area contributed by atoms with Crippen LogP contribution in [-0.2, 0) is 4.74 Å². The molecular formula is C19H21N5O3. The molecular weight excluding hydrogens is 346 g/mol. The zero-order chi connectivity index (χ0) is 18.8. The maximum absolute atomic E-state index is 12.2. The van der Waals surface area contributed by atoms with E-state index in [4.69, 9.17) is 14.5 Å². The Morgan fingerprint density at radius 1 is 1.30 bits per heavy atom. The van der Waals surface area contributed by atoms with Gasteiger partial charge in [0.2, 0.25) is 5.88 Å². The number of rotatable bonds is 5. The van der Waals surface area contributed by atoms with Crippen LogP contribution in [0.4, 0.5) is 5.82 Å². The van der Waals surface area contributed by atoms with Crippen molar-refractivity contribution < 1.29 is 14.3 Å². The van der Waals surface area contributed by atoms with Gasteiger partial charge in [-0.15, -0.1) is 0 Å². The molecule has 1 fully saturated rings. The van der Waals surface area contributed by atoms with Gasteiger partial charge in [0.1, 0.15) is 11.4 Å². The van der Waals surface area contributed by atoms with Crippen LogP contribution < -0.4 is 9.64 Å². The molecule has 0 aromatic carbocycles. The second-order valence-electron chi connectivity index (χ2n) is 6.29. The van der Waals surface area contributed by atoms with Gasteiger partial charge in [0, 0.05) is 18.8 Å². The topological polar surface area (TPSA) is 81.8 Å². The first-order chi connectivity index (χ1) is 13.2. The molecule has 27 heavy (non-hydrogen) atoms. The Kier molecular flexibility index (Phi) is 4.62. The van der Waals surface area contributed by atoms with E-state index < -0.39 is 5.97 Å². The molecule has 0 aliphatic carbocycles. The third-order valence-corrected chi connectivity index (χ3v) is 4.69. The summed E-state index contributed by atoms with van der Waals surface area (Å²) in [7, 11) is 1.62. The molecule has 3 aromatic rings. The number of nitrogens with zero attached hydrogens (tertiary/aromatic N) is 5. The van der Waals surface area contributed by atoms with E-state index in [-0.39, 0.29) is 6.04 Å². The fourth-order valence-electron chi connectivity index (χ4n) is 3.45. The van der Waals surface area contributed by atoms with Crippen LogP contribution in [0, 0.1) is 0 Å². The summed E-state index contributed by atoms with van der Waals surface area (Å²) in [5.41, 5.74) is 1.82. The van der Waals surface area contributed by atoms with Crippen LogP contribution in [0.25, 0.3) is 5.65 Å². The molecule has 3 aromatic heterocycles. The first kappa shape index (κ1) is 17.3. The number of anilines is 1. The summed E-state index contributed by atoms with van der Waals surface area (Å²) in [6.07, 6.45) is 5.33. The van der Waals surface area contributed by atoms with Crippen molar-refractivity contribution in [1.82, 2.24) is 19.6 Å². The lowest BCUT2D eigenvalue weighted by Gasteiger charge is -2.25. The summed E-state index contributed by atoms with van der Waals surface area (Å²) < 4.78 is 12.0. The molecule has 0 N–H and O–H groups in total. The Balaban J connectivity index is 1.70. The fraction of sp³-hybridized carbons (Fsp3) is 0.368. The molecule has 0 saturated carbocycles. The van der Waals surface area contributed by atoms with E-state index in [1.54, 1.807) is 18.5 Å². The van der Waals surface area contributed by atoms with E-state index in [1.165, 1.54) is 6.20 Å². The van der Waals surface area contributed by atoms with Crippen molar-refractivity contribution in [2.45, 2.75) is 25.8 Å². The smallest absolute Gasteiger partial charge is 0.343 e. The fourth-order valence-corrected chi connectivity index (χ4v) is 3.45. The zero-order valence-electron chi connectivity index (χ0n) is 15.3. The van der Waals surface area contributed by atoms with E-state index in [9.17, 15) is 4.79 Å². The number of carbonyl (C=O) groups is 1. The second-order valence-corrected chi connectivity index (χ2v) is 6.29. The third-order valence-electron chi connectivity index (χ3n) is 4.69. The minimum atomic E-state index is -0.412. The van der Waals surface area contributed by atoms with E-state index in [1.807, 2.05) is 30.5 Å². The Hall–Kier alpha value is -3.16. The lowest BCUT2D eigenvalue weighted by molar-refractivity contribution is 0.0528. The molecule has 0 spiro atoms. The molecule has 1 unspecified atom stereocenters.